The molecule has 0 bridgehead atoms. The molecule has 3 rings (SSSR count). The molecule has 2 aromatic rings. The molecule has 0 radical (unpaired) electrons. The van der Waals surface area contributed by atoms with Crippen LogP contribution in [0.2, 0.25) is 0 Å². The van der Waals surface area contributed by atoms with E-state index in [9.17, 15) is 0 Å². The maximum Gasteiger partial charge on any atom is 0.0323 e. The number of hydrogen-bond acceptors (Lipinski definition) is 1. The summed E-state index contributed by atoms with van der Waals surface area (Å²) in [5, 5.41) is 0. The lowest BCUT2D eigenvalue weighted by atomic mass is 9.91. The fourth-order valence-electron chi connectivity index (χ4n) is 3.12. The highest BCUT2D eigenvalue weighted by Gasteiger charge is 2.22. The fraction of sp³-hybridized carbons (Fsp3) is 0.333. The molecule has 0 amide bonds. The minimum Gasteiger partial charge on any atom is -0.324 e. The number of benzene rings is 2. The summed E-state index contributed by atoms with van der Waals surface area (Å²) in [7, 11) is 0. The second kappa shape index (κ2) is 6.92. The summed E-state index contributed by atoms with van der Waals surface area (Å²) in [6.45, 7) is 0. The fourth-order valence-corrected chi connectivity index (χ4v) is 3.12. The Balaban J connectivity index is 0.00000147. The van der Waals surface area contributed by atoms with E-state index >= 15 is 0 Å². The van der Waals surface area contributed by atoms with Gasteiger partial charge in [0.15, 0.2) is 0 Å². The number of halogens is 1. The summed E-state index contributed by atoms with van der Waals surface area (Å²) in [6.07, 6.45) is 5.28. The smallest absolute Gasteiger partial charge is 0.0323 e. The average Bonchev–Trinajstić information content (AvgIpc) is 3.02. The molecule has 0 saturated heterocycles. The summed E-state index contributed by atoms with van der Waals surface area (Å²) in [4.78, 5) is 0. The number of nitrogens with two attached hydrogens (primary N) is 1. The zero-order valence-electron chi connectivity index (χ0n) is 11.7. The second-order valence-electron chi connectivity index (χ2n) is 5.56. The maximum absolute atomic E-state index is 6.39. The molecule has 1 aliphatic carbocycles. The van der Waals surface area contributed by atoms with Gasteiger partial charge >= 0.3 is 0 Å². The lowest BCUT2D eigenvalue weighted by Crippen LogP contribution is -2.18. The van der Waals surface area contributed by atoms with Gasteiger partial charge in [0, 0.05) is 6.04 Å². The SMILES string of the molecule is Cl.N[C@H](c1ccc(-c2ccccc2)cc1)C1CCCC1. The first kappa shape index (κ1) is 15.1. The molecule has 2 heteroatoms. The molecule has 1 saturated carbocycles. The highest BCUT2D eigenvalue weighted by atomic mass is 35.5. The van der Waals surface area contributed by atoms with Gasteiger partial charge in [0.1, 0.15) is 0 Å². The standard InChI is InChI=1S/C18H21N.ClH/c19-18(16-8-4-5-9-16)17-12-10-15(11-13-17)14-6-2-1-3-7-14;/h1-3,6-7,10-13,16,18H,4-5,8-9,19H2;1H/t18-;/m0./s1. The Morgan fingerprint density at radius 2 is 1.35 bits per heavy atom. The number of hydrogen-bond donors (Lipinski definition) is 1. The van der Waals surface area contributed by atoms with Crippen LogP contribution in [0.1, 0.15) is 37.3 Å². The first-order chi connectivity index (χ1) is 9.34. The van der Waals surface area contributed by atoms with Gasteiger partial charge in [0.2, 0.25) is 0 Å². The minimum absolute atomic E-state index is 0. The summed E-state index contributed by atoms with van der Waals surface area (Å²) < 4.78 is 0. The summed E-state index contributed by atoms with van der Waals surface area (Å²) >= 11 is 0. The summed E-state index contributed by atoms with van der Waals surface area (Å²) in [5.74, 6) is 0.683. The van der Waals surface area contributed by atoms with Crippen LogP contribution in [0.15, 0.2) is 54.6 Å². The van der Waals surface area contributed by atoms with Crippen LogP contribution in [0, 0.1) is 5.92 Å². The van der Waals surface area contributed by atoms with Crippen molar-refractivity contribution in [2.45, 2.75) is 31.7 Å². The summed E-state index contributed by atoms with van der Waals surface area (Å²) in [5.41, 5.74) is 10.2. The normalized spacial score (nSPS) is 16.6. The molecule has 2 N–H and O–H groups in total. The molecule has 1 fully saturated rings. The van der Waals surface area contributed by atoms with Gasteiger partial charge in [-0.1, -0.05) is 67.4 Å². The van der Waals surface area contributed by atoms with E-state index in [2.05, 4.69) is 48.5 Å². The summed E-state index contributed by atoms with van der Waals surface area (Å²) in [6, 6.07) is 19.5. The van der Waals surface area contributed by atoms with Crippen LogP contribution >= 0.6 is 12.4 Å². The van der Waals surface area contributed by atoms with E-state index in [1.807, 2.05) is 6.07 Å². The van der Waals surface area contributed by atoms with Crippen LogP contribution in [0.4, 0.5) is 0 Å². The Hall–Kier alpha value is -1.31. The van der Waals surface area contributed by atoms with E-state index in [1.54, 1.807) is 0 Å². The van der Waals surface area contributed by atoms with Crippen LogP contribution in [0.5, 0.6) is 0 Å². The van der Waals surface area contributed by atoms with Crippen molar-refractivity contribution in [1.82, 2.24) is 0 Å². The Kier molecular flexibility index (Phi) is 5.22. The lowest BCUT2D eigenvalue weighted by molar-refractivity contribution is 0.445. The minimum atomic E-state index is 0. The Morgan fingerprint density at radius 1 is 0.800 bits per heavy atom. The highest BCUT2D eigenvalue weighted by Crippen LogP contribution is 2.34. The van der Waals surface area contributed by atoms with Crippen molar-refractivity contribution in [2.24, 2.45) is 11.7 Å². The molecule has 2 aromatic carbocycles. The van der Waals surface area contributed by atoms with E-state index in [0.717, 1.165) is 0 Å². The molecule has 1 aliphatic rings. The third-order valence-electron chi connectivity index (χ3n) is 4.31. The molecule has 0 aromatic heterocycles. The molecule has 1 nitrogen and oxygen atoms in total. The first-order valence-electron chi connectivity index (χ1n) is 7.25. The molecule has 1 atom stereocenters. The highest BCUT2D eigenvalue weighted by molar-refractivity contribution is 5.85. The van der Waals surface area contributed by atoms with Crippen molar-refractivity contribution in [1.29, 1.82) is 0 Å². The monoisotopic (exact) mass is 287 g/mol. The van der Waals surface area contributed by atoms with Gasteiger partial charge in [-0.25, -0.2) is 0 Å². The van der Waals surface area contributed by atoms with E-state index in [-0.39, 0.29) is 18.4 Å². The number of rotatable bonds is 3. The predicted molar refractivity (Wildman–Crippen MR) is 88.0 cm³/mol. The van der Waals surface area contributed by atoms with Crippen LogP contribution < -0.4 is 5.73 Å². The largest absolute Gasteiger partial charge is 0.324 e. The first-order valence-corrected chi connectivity index (χ1v) is 7.25. The third-order valence-corrected chi connectivity index (χ3v) is 4.31. The van der Waals surface area contributed by atoms with E-state index in [0.29, 0.717) is 5.92 Å². The molecule has 0 spiro atoms. The van der Waals surface area contributed by atoms with Gasteiger partial charge < -0.3 is 5.73 Å². The lowest BCUT2D eigenvalue weighted by Gasteiger charge is -2.19. The van der Waals surface area contributed by atoms with Gasteiger partial charge in [0.25, 0.3) is 0 Å². The van der Waals surface area contributed by atoms with Crippen LogP contribution in [0.3, 0.4) is 0 Å². The molecule has 0 unspecified atom stereocenters. The van der Waals surface area contributed by atoms with Gasteiger partial charge in [-0.2, -0.15) is 0 Å². The van der Waals surface area contributed by atoms with Crippen molar-refractivity contribution in [3.05, 3.63) is 60.2 Å². The van der Waals surface area contributed by atoms with Gasteiger partial charge in [-0.15, -0.1) is 12.4 Å². The van der Waals surface area contributed by atoms with Gasteiger partial charge in [-0.3, -0.25) is 0 Å². The maximum atomic E-state index is 6.39. The molecular weight excluding hydrogens is 266 g/mol. The van der Waals surface area contributed by atoms with Crippen molar-refractivity contribution in [3.63, 3.8) is 0 Å². The molecule has 106 valence electrons. The zero-order chi connectivity index (χ0) is 13.1. The van der Waals surface area contributed by atoms with E-state index in [1.165, 1.54) is 42.4 Å². The van der Waals surface area contributed by atoms with Gasteiger partial charge in [0.05, 0.1) is 0 Å². The van der Waals surface area contributed by atoms with Crippen molar-refractivity contribution in [3.8, 4) is 11.1 Å². The van der Waals surface area contributed by atoms with Crippen molar-refractivity contribution < 1.29 is 0 Å². The van der Waals surface area contributed by atoms with E-state index < -0.39 is 0 Å². The van der Waals surface area contributed by atoms with Crippen LogP contribution in [-0.4, -0.2) is 0 Å². The topological polar surface area (TPSA) is 26.0 Å². The third kappa shape index (κ3) is 3.23. The Morgan fingerprint density at radius 3 is 1.95 bits per heavy atom. The van der Waals surface area contributed by atoms with Crippen molar-refractivity contribution in [2.75, 3.05) is 0 Å². The zero-order valence-corrected chi connectivity index (χ0v) is 12.5. The Labute approximate surface area is 127 Å². The van der Waals surface area contributed by atoms with E-state index in [4.69, 9.17) is 5.73 Å². The van der Waals surface area contributed by atoms with Crippen LogP contribution in [-0.2, 0) is 0 Å². The Bertz CT molecular complexity index is 515. The molecule has 20 heavy (non-hydrogen) atoms. The average molecular weight is 288 g/mol. The molecule has 0 aliphatic heterocycles. The predicted octanol–water partition coefficient (Wildman–Crippen LogP) is 4.97. The molecule has 0 heterocycles. The van der Waals surface area contributed by atoms with Crippen LogP contribution in [0.25, 0.3) is 11.1 Å². The van der Waals surface area contributed by atoms with Gasteiger partial charge in [-0.05, 0) is 35.4 Å². The molecular formula is C18H22ClN. The quantitative estimate of drug-likeness (QED) is 0.848. The van der Waals surface area contributed by atoms with Crippen molar-refractivity contribution >= 4 is 12.4 Å². The second-order valence-corrected chi connectivity index (χ2v) is 5.56.